The smallest absolute Gasteiger partial charge is 0.207 e. The van der Waals surface area contributed by atoms with Gasteiger partial charge in [0.2, 0.25) is 5.95 Å². The Bertz CT molecular complexity index is 710. The molecule has 0 unspecified atom stereocenters. The van der Waals surface area contributed by atoms with Gasteiger partial charge in [-0.3, -0.25) is 4.98 Å². The van der Waals surface area contributed by atoms with Gasteiger partial charge >= 0.3 is 0 Å². The van der Waals surface area contributed by atoms with Crippen LogP contribution in [0.1, 0.15) is 12.6 Å². The molecule has 0 saturated heterocycles. The highest BCUT2D eigenvalue weighted by atomic mass is 15.2. The summed E-state index contributed by atoms with van der Waals surface area (Å²) < 4.78 is 2.11. The van der Waals surface area contributed by atoms with Crippen LogP contribution in [-0.4, -0.2) is 14.5 Å². The van der Waals surface area contributed by atoms with Gasteiger partial charge in [0, 0.05) is 41.6 Å². The monoisotopic (exact) mass is 252 g/mol. The van der Waals surface area contributed by atoms with Crippen molar-refractivity contribution in [1.29, 1.82) is 0 Å². The average molecular weight is 252 g/mol. The van der Waals surface area contributed by atoms with E-state index in [0.717, 1.165) is 34.6 Å². The number of pyridine rings is 1. The average Bonchev–Trinajstić information content (AvgIpc) is 2.79. The molecule has 3 aromatic rings. The van der Waals surface area contributed by atoms with Crippen LogP contribution >= 0.6 is 0 Å². The fourth-order valence-corrected chi connectivity index (χ4v) is 2.24. The van der Waals surface area contributed by atoms with Gasteiger partial charge in [-0.2, -0.15) is 0 Å². The van der Waals surface area contributed by atoms with Crippen LogP contribution in [0.25, 0.3) is 10.8 Å². The number of benzene rings is 1. The summed E-state index contributed by atoms with van der Waals surface area (Å²) >= 11 is 0. The predicted molar refractivity (Wildman–Crippen MR) is 77.7 cm³/mol. The number of nitrogens with zero attached hydrogens (tertiary/aromatic N) is 3. The molecule has 19 heavy (non-hydrogen) atoms. The van der Waals surface area contributed by atoms with Crippen molar-refractivity contribution in [2.45, 2.75) is 20.4 Å². The number of aromatic nitrogens is 3. The largest absolute Gasteiger partial charge is 0.325 e. The number of nitrogens with one attached hydrogen (secondary N) is 1. The highest BCUT2D eigenvalue weighted by Gasteiger charge is 2.06. The zero-order valence-corrected chi connectivity index (χ0v) is 11.1. The van der Waals surface area contributed by atoms with Crippen LogP contribution in [0.2, 0.25) is 0 Å². The Morgan fingerprint density at radius 3 is 3.00 bits per heavy atom. The normalized spacial score (nSPS) is 10.8. The lowest BCUT2D eigenvalue weighted by molar-refractivity contribution is 0.771. The van der Waals surface area contributed by atoms with Crippen LogP contribution < -0.4 is 5.32 Å². The zero-order valence-electron chi connectivity index (χ0n) is 11.1. The molecule has 3 rings (SSSR count). The maximum absolute atomic E-state index is 4.52. The lowest BCUT2D eigenvalue weighted by Crippen LogP contribution is -2.01. The zero-order chi connectivity index (χ0) is 13.2. The third kappa shape index (κ3) is 2.17. The van der Waals surface area contributed by atoms with E-state index in [4.69, 9.17) is 0 Å². The number of imidazole rings is 1. The minimum atomic E-state index is 0.879. The minimum absolute atomic E-state index is 0.879. The summed E-state index contributed by atoms with van der Waals surface area (Å²) in [6.07, 6.45) is 5.73. The molecular weight excluding hydrogens is 236 g/mol. The molecule has 0 radical (unpaired) electrons. The third-order valence-corrected chi connectivity index (χ3v) is 3.16. The standard InChI is InChI=1S/C15H16N4/c1-3-19-10-11(2)17-15(19)18-14-6-4-5-12-9-16-8-7-13(12)14/h4-10H,3H2,1-2H3,(H,17,18). The van der Waals surface area contributed by atoms with Crippen LogP contribution in [0.15, 0.2) is 42.9 Å². The molecule has 1 N–H and O–H groups in total. The van der Waals surface area contributed by atoms with E-state index in [1.165, 1.54) is 0 Å². The van der Waals surface area contributed by atoms with E-state index in [0.29, 0.717) is 0 Å². The van der Waals surface area contributed by atoms with Crippen molar-refractivity contribution in [3.8, 4) is 0 Å². The summed E-state index contributed by atoms with van der Waals surface area (Å²) in [6.45, 7) is 5.01. The maximum atomic E-state index is 4.52. The number of anilines is 2. The van der Waals surface area contributed by atoms with Crippen molar-refractivity contribution in [1.82, 2.24) is 14.5 Å². The molecule has 0 saturated carbocycles. The van der Waals surface area contributed by atoms with Crippen molar-refractivity contribution in [2.24, 2.45) is 0 Å². The second kappa shape index (κ2) is 4.72. The number of fused-ring (bicyclic) bond motifs is 1. The highest BCUT2D eigenvalue weighted by molar-refractivity contribution is 5.94. The van der Waals surface area contributed by atoms with Gasteiger partial charge in [-0.25, -0.2) is 4.98 Å². The number of rotatable bonds is 3. The highest BCUT2D eigenvalue weighted by Crippen LogP contribution is 2.25. The van der Waals surface area contributed by atoms with Gasteiger partial charge in [0.15, 0.2) is 0 Å². The Kier molecular flexibility index (Phi) is 2.91. The number of aryl methyl sites for hydroxylation is 2. The molecule has 0 amide bonds. The Morgan fingerprint density at radius 2 is 2.16 bits per heavy atom. The van der Waals surface area contributed by atoms with E-state index in [2.05, 4.69) is 45.1 Å². The minimum Gasteiger partial charge on any atom is -0.325 e. The summed E-state index contributed by atoms with van der Waals surface area (Å²) in [6, 6.07) is 8.17. The molecule has 2 heterocycles. The van der Waals surface area contributed by atoms with Crippen molar-refractivity contribution in [2.75, 3.05) is 5.32 Å². The van der Waals surface area contributed by atoms with E-state index in [1.807, 2.05) is 31.5 Å². The Hall–Kier alpha value is -2.36. The fourth-order valence-electron chi connectivity index (χ4n) is 2.24. The summed E-state index contributed by atoms with van der Waals surface area (Å²) in [5.74, 6) is 0.879. The molecule has 0 bridgehead atoms. The topological polar surface area (TPSA) is 42.7 Å². The van der Waals surface area contributed by atoms with Gasteiger partial charge in [0.25, 0.3) is 0 Å². The van der Waals surface area contributed by atoms with Crippen molar-refractivity contribution < 1.29 is 0 Å². The maximum Gasteiger partial charge on any atom is 0.207 e. The van der Waals surface area contributed by atoms with Gasteiger partial charge in [0.1, 0.15) is 0 Å². The lowest BCUT2D eigenvalue weighted by Gasteiger charge is -2.10. The van der Waals surface area contributed by atoms with Crippen molar-refractivity contribution >= 4 is 22.4 Å². The van der Waals surface area contributed by atoms with E-state index in [1.54, 1.807) is 0 Å². The molecule has 0 aliphatic carbocycles. The van der Waals surface area contributed by atoms with E-state index in [9.17, 15) is 0 Å². The molecule has 4 heteroatoms. The third-order valence-electron chi connectivity index (χ3n) is 3.16. The summed E-state index contributed by atoms with van der Waals surface area (Å²) in [7, 11) is 0. The van der Waals surface area contributed by atoms with E-state index < -0.39 is 0 Å². The number of hydrogen-bond acceptors (Lipinski definition) is 3. The van der Waals surface area contributed by atoms with Gasteiger partial charge in [-0.15, -0.1) is 0 Å². The molecule has 1 aromatic carbocycles. The second-order valence-corrected chi connectivity index (χ2v) is 4.52. The molecular formula is C15H16N4. The first kappa shape index (κ1) is 11.7. The molecule has 0 aliphatic heterocycles. The second-order valence-electron chi connectivity index (χ2n) is 4.52. The summed E-state index contributed by atoms with van der Waals surface area (Å²) in [5.41, 5.74) is 2.08. The molecule has 0 atom stereocenters. The summed E-state index contributed by atoms with van der Waals surface area (Å²) in [4.78, 5) is 8.67. The first-order valence-corrected chi connectivity index (χ1v) is 6.41. The molecule has 0 aliphatic rings. The van der Waals surface area contributed by atoms with Crippen molar-refractivity contribution in [3.63, 3.8) is 0 Å². The van der Waals surface area contributed by atoms with Crippen molar-refractivity contribution in [3.05, 3.63) is 48.5 Å². The van der Waals surface area contributed by atoms with Gasteiger partial charge in [0.05, 0.1) is 5.69 Å². The molecule has 0 fully saturated rings. The SMILES string of the molecule is CCn1cc(C)nc1Nc1cccc2cnccc12. The van der Waals surface area contributed by atoms with Gasteiger partial charge in [-0.1, -0.05) is 12.1 Å². The molecule has 96 valence electrons. The predicted octanol–water partition coefficient (Wildman–Crippen LogP) is 3.50. The van der Waals surface area contributed by atoms with E-state index in [-0.39, 0.29) is 0 Å². The van der Waals surface area contributed by atoms with Crippen LogP contribution in [0.3, 0.4) is 0 Å². The van der Waals surface area contributed by atoms with Gasteiger partial charge in [-0.05, 0) is 26.0 Å². The Labute approximate surface area is 112 Å². The van der Waals surface area contributed by atoms with Crippen LogP contribution in [0, 0.1) is 6.92 Å². The lowest BCUT2D eigenvalue weighted by atomic mass is 10.1. The summed E-state index contributed by atoms with van der Waals surface area (Å²) in [5, 5.41) is 5.69. The Balaban J connectivity index is 2.05. The van der Waals surface area contributed by atoms with Crippen LogP contribution in [-0.2, 0) is 6.54 Å². The number of hydrogen-bond donors (Lipinski definition) is 1. The van der Waals surface area contributed by atoms with Gasteiger partial charge < -0.3 is 9.88 Å². The van der Waals surface area contributed by atoms with E-state index >= 15 is 0 Å². The molecule has 0 spiro atoms. The quantitative estimate of drug-likeness (QED) is 0.775. The van der Waals surface area contributed by atoms with Crippen LogP contribution in [0.4, 0.5) is 11.6 Å². The van der Waals surface area contributed by atoms with Crippen LogP contribution in [0.5, 0.6) is 0 Å². The molecule has 2 aromatic heterocycles. The molecule has 4 nitrogen and oxygen atoms in total. The Morgan fingerprint density at radius 1 is 1.26 bits per heavy atom. The fraction of sp³-hybridized carbons (Fsp3) is 0.200. The first-order chi connectivity index (χ1) is 9.28. The first-order valence-electron chi connectivity index (χ1n) is 6.41.